The molecule has 3 nitrogen and oxygen atoms in total. The van der Waals surface area contributed by atoms with Crippen LogP contribution in [0.15, 0.2) is 36.8 Å². The molecule has 2 aromatic rings. The van der Waals surface area contributed by atoms with Crippen molar-refractivity contribution in [3.05, 3.63) is 58.6 Å². The molecule has 2 aromatic heterocycles. The summed E-state index contributed by atoms with van der Waals surface area (Å²) in [4.78, 5) is 20.0. The molecule has 0 N–H and O–H groups in total. The van der Waals surface area contributed by atoms with Crippen LogP contribution in [0.1, 0.15) is 21.6 Å². The second kappa shape index (κ2) is 5.06. The fourth-order valence-electron chi connectivity index (χ4n) is 1.54. The SMILES string of the molecule is Cc1cc(C(=O)Cc2ccncc2Cl)ccn1. The Labute approximate surface area is 104 Å². The molecule has 2 rings (SSSR count). The van der Waals surface area contributed by atoms with Gasteiger partial charge in [-0.3, -0.25) is 14.8 Å². The Morgan fingerprint density at radius 3 is 2.88 bits per heavy atom. The molecule has 0 aromatic carbocycles. The molecule has 0 aliphatic rings. The van der Waals surface area contributed by atoms with E-state index >= 15 is 0 Å². The molecule has 0 spiro atoms. The molecule has 17 heavy (non-hydrogen) atoms. The first-order valence-corrected chi connectivity index (χ1v) is 5.59. The molecule has 86 valence electrons. The average molecular weight is 247 g/mol. The average Bonchev–Trinajstić information content (AvgIpc) is 2.32. The zero-order chi connectivity index (χ0) is 12.3. The van der Waals surface area contributed by atoms with E-state index in [1.54, 1.807) is 36.8 Å². The van der Waals surface area contributed by atoms with Crippen molar-refractivity contribution in [1.29, 1.82) is 0 Å². The van der Waals surface area contributed by atoms with E-state index in [9.17, 15) is 4.79 Å². The van der Waals surface area contributed by atoms with Crippen LogP contribution >= 0.6 is 11.6 Å². The van der Waals surface area contributed by atoms with E-state index in [1.165, 1.54) is 0 Å². The summed E-state index contributed by atoms with van der Waals surface area (Å²) in [5.74, 6) is 0.0311. The molecule has 0 fully saturated rings. The quantitative estimate of drug-likeness (QED) is 0.782. The maximum absolute atomic E-state index is 12.0. The van der Waals surface area contributed by atoms with Crippen LogP contribution in [0.2, 0.25) is 5.02 Å². The van der Waals surface area contributed by atoms with Crippen molar-refractivity contribution in [2.24, 2.45) is 0 Å². The van der Waals surface area contributed by atoms with E-state index in [0.717, 1.165) is 11.3 Å². The maximum Gasteiger partial charge on any atom is 0.167 e. The summed E-state index contributed by atoms with van der Waals surface area (Å²) >= 11 is 5.96. The number of aryl methyl sites for hydroxylation is 1. The third kappa shape index (κ3) is 2.88. The molecule has 0 aliphatic carbocycles. The minimum Gasteiger partial charge on any atom is -0.294 e. The van der Waals surface area contributed by atoms with Crippen LogP contribution in [-0.2, 0) is 6.42 Å². The van der Waals surface area contributed by atoms with Gasteiger partial charge < -0.3 is 0 Å². The zero-order valence-electron chi connectivity index (χ0n) is 9.35. The summed E-state index contributed by atoms with van der Waals surface area (Å²) in [6.07, 6.45) is 5.09. The number of carbonyl (C=O) groups excluding carboxylic acids is 1. The van der Waals surface area contributed by atoms with Gasteiger partial charge in [0.05, 0.1) is 5.02 Å². The van der Waals surface area contributed by atoms with Gasteiger partial charge in [0.1, 0.15) is 0 Å². The molecule has 0 aliphatic heterocycles. The number of Topliss-reactive ketones (excluding diaryl/α,β-unsaturated/α-hetero) is 1. The number of aromatic nitrogens is 2. The highest BCUT2D eigenvalue weighted by Gasteiger charge is 2.09. The minimum atomic E-state index is 0.0311. The Balaban J connectivity index is 2.20. The van der Waals surface area contributed by atoms with Crippen molar-refractivity contribution < 1.29 is 4.79 Å². The Bertz CT molecular complexity index is 555. The Morgan fingerprint density at radius 2 is 2.18 bits per heavy atom. The van der Waals surface area contributed by atoms with Gasteiger partial charge >= 0.3 is 0 Å². The lowest BCUT2D eigenvalue weighted by Gasteiger charge is -2.03. The van der Waals surface area contributed by atoms with Crippen molar-refractivity contribution in [3.63, 3.8) is 0 Å². The zero-order valence-corrected chi connectivity index (χ0v) is 10.1. The summed E-state index contributed by atoms with van der Waals surface area (Å²) in [5.41, 5.74) is 2.28. The molecule has 0 unspecified atom stereocenters. The monoisotopic (exact) mass is 246 g/mol. The van der Waals surface area contributed by atoms with Crippen LogP contribution in [0.3, 0.4) is 0 Å². The van der Waals surface area contributed by atoms with E-state index in [2.05, 4.69) is 9.97 Å². The van der Waals surface area contributed by atoms with Crippen molar-refractivity contribution in [2.45, 2.75) is 13.3 Å². The van der Waals surface area contributed by atoms with Crippen LogP contribution < -0.4 is 0 Å². The fraction of sp³-hybridized carbons (Fsp3) is 0.154. The van der Waals surface area contributed by atoms with Gasteiger partial charge in [0.15, 0.2) is 5.78 Å². The van der Waals surface area contributed by atoms with Crippen LogP contribution in [0, 0.1) is 6.92 Å². The number of hydrogen-bond acceptors (Lipinski definition) is 3. The van der Waals surface area contributed by atoms with Crippen molar-refractivity contribution in [1.82, 2.24) is 9.97 Å². The first-order chi connectivity index (χ1) is 8.16. The highest BCUT2D eigenvalue weighted by Crippen LogP contribution is 2.16. The van der Waals surface area contributed by atoms with E-state index in [0.29, 0.717) is 10.6 Å². The minimum absolute atomic E-state index is 0.0311. The summed E-state index contributed by atoms with van der Waals surface area (Å²) in [6.45, 7) is 1.86. The van der Waals surface area contributed by atoms with Gasteiger partial charge in [-0.15, -0.1) is 0 Å². The lowest BCUT2D eigenvalue weighted by atomic mass is 10.0. The molecule has 0 saturated carbocycles. The van der Waals surface area contributed by atoms with E-state index < -0.39 is 0 Å². The smallest absolute Gasteiger partial charge is 0.167 e. The highest BCUT2D eigenvalue weighted by atomic mass is 35.5. The first kappa shape index (κ1) is 11.7. The highest BCUT2D eigenvalue weighted by molar-refractivity contribution is 6.31. The summed E-state index contributed by atoms with van der Waals surface area (Å²) in [6, 6.07) is 5.25. The second-order valence-corrected chi connectivity index (χ2v) is 4.16. The summed E-state index contributed by atoms with van der Waals surface area (Å²) in [5, 5.41) is 0.520. The Hall–Kier alpha value is -1.74. The molecule has 0 bridgehead atoms. The molecule has 0 saturated heterocycles. The molecular formula is C13H11ClN2O. The number of pyridine rings is 2. The largest absolute Gasteiger partial charge is 0.294 e. The molecular weight excluding hydrogens is 236 g/mol. The number of rotatable bonds is 3. The lowest BCUT2D eigenvalue weighted by molar-refractivity contribution is 0.0993. The molecule has 2 heterocycles. The topological polar surface area (TPSA) is 42.9 Å². The maximum atomic E-state index is 12.0. The number of halogens is 1. The van der Waals surface area contributed by atoms with Gasteiger partial charge in [-0.2, -0.15) is 0 Å². The van der Waals surface area contributed by atoms with E-state index in [4.69, 9.17) is 11.6 Å². The Kier molecular flexibility index (Phi) is 3.49. The van der Waals surface area contributed by atoms with E-state index in [1.807, 2.05) is 6.92 Å². The van der Waals surface area contributed by atoms with Crippen molar-refractivity contribution in [3.8, 4) is 0 Å². The first-order valence-electron chi connectivity index (χ1n) is 5.21. The van der Waals surface area contributed by atoms with Gasteiger partial charge in [-0.25, -0.2) is 0 Å². The van der Waals surface area contributed by atoms with Crippen LogP contribution in [0.4, 0.5) is 0 Å². The van der Waals surface area contributed by atoms with Gasteiger partial charge in [0.2, 0.25) is 0 Å². The predicted molar refractivity (Wildman–Crippen MR) is 66.3 cm³/mol. The normalized spacial score (nSPS) is 10.2. The molecule has 0 atom stereocenters. The molecule has 0 amide bonds. The summed E-state index contributed by atoms with van der Waals surface area (Å²) in [7, 11) is 0. The standard InChI is InChI=1S/C13H11ClN2O/c1-9-6-11(3-5-16-9)13(17)7-10-2-4-15-8-12(10)14/h2-6,8H,7H2,1H3. The number of ketones is 1. The predicted octanol–water partition coefficient (Wildman–Crippen LogP) is 2.86. The fourth-order valence-corrected chi connectivity index (χ4v) is 1.73. The van der Waals surface area contributed by atoms with Gasteiger partial charge in [-0.05, 0) is 30.7 Å². The van der Waals surface area contributed by atoms with Crippen molar-refractivity contribution in [2.75, 3.05) is 0 Å². The number of nitrogens with zero attached hydrogens (tertiary/aromatic N) is 2. The summed E-state index contributed by atoms with van der Waals surface area (Å²) < 4.78 is 0. The number of hydrogen-bond donors (Lipinski definition) is 0. The number of carbonyl (C=O) groups is 1. The van der Waals surface area contributed by atoms with Crippen LogP contribution in [0.5, 0.6) is 0 Å². The third-order valence-electron chi connectivity index (χ3n) is 2.43. The van der Waals surface area contributed by atoms with Gasteiger partial charge in [0.25, 0.3) is 0 Å². The van der Waals surface area contributed by atoms with E-state index in [-0.39, 0.29) is 12.2 Å². The van der Waals surface area contributed by atoms with Crippen LogP contribution in [0.25, 0.3) is 0 Å². The van der Waals surface area contributed by atoms with Gasteiger partial charge in [-0.1, -0.05) is 11.6 Å². The lowest BCUT2D eigenvalue weighted by Crippen LogP contribution is -2.04. The second-order valence-electron chi connectivity index (χ2n) is 3.75. The molecule has 0 radical (unpaired) electrons. The Morgan fingerprint density at radius 1 is 1.35 bits per heavy atom. The van der Waals surface area contributed by atoms with Crippen LogP contribution in [-0.4, -0.2) is 15.8 Å². The third-order valence-corrected chi connectivity index (χ3v) is 2.77. The molecule has 4 heteroatoms. The van der Waals surface area contributed by atoms with Crippen molar-refractivity contribution >= 4 is 17.4 Å². The van der Waals surface area contributed by atoms with Gasteiger partial charge in [0, 0.05) is 36.3 Å².